The molecule has 0 aromatic heterocycles. The van der Waals surface area contributed by atoms with Crippen molar-refractivity contribution in [1.29, 1.82) is 0 Å². The van der Waals surface area contributed by atoms with E-state index in [2.05, 4.69) is 25.6 Å². The normalized spacial score (nSPS) is 19.5. The van der Waals surface area contributed by atoms with Gasteiger partial charge in [-0.3, -0.25) is 14.4 Å². The quantitative estimate of drug-likeness (QED) is 0.411. The smallest absolute Gasteiger partial charge is 0.325 e. The molecular weight excluding hydrogens is 394 g/mol. The van der Waals surface area contributed by atoms with E-state index in [9.17, 15) is 9.59 Å². The first kappa shape index (κ1) is 24.2. The molecule has 0 amide bonds. The number of methoxy groups -OCH3 is 2. The molecule has 0 radical (unpaired) electrons. The summed E-state index contributed by atoms with van der Waals surface area (Å²) in [6.07, 6.45) is 1.15. The Bertz CT molecular complexity index is 880. The summed E-state index contributed by atoms with van der Waals surface area (Å²) in [5, 5.41) is 1.58. The molecule has 1 fully saturated rings. The lowest BCUT2D eigenvalue weighted by molar-refractivity contribution is -0.182. The Labute approximate surface area is 184 Å². The minimum absolute atomic E-state index is 0.111. The van der Waals surface area contributed by atoms with Gasteiger partial charge in [-0.15, -0.1) is 6.58 Å². The molecule has 0 spiro atoms. The summed E-state index contributed by atoms with van der Waals surface area (Å²) in [6, 6.07) is 17.2. The van der Waals surface area contributed by atoms with E-state index in [1.807, 2.05) is 49.4 Å². The highest BCUT2D eigenvalue weighted by atomic mass is 16.7. The van der Waals surface area contributed by atoms with Gasteiger partial charge in [-0.25, -0.2) is 5.06 Å². The molecule has 1 aliphatic heterocycles. The minimum Gasteiger partial charge on any atom is -0.468 e. The van der Waals surface area contributed by atoms with Gasteiger partial charge in [0.2, 0.25) is 0 Å². The van der Waals surface area contributed by atoms with Crippen molar-refractivity contribution >= 4 is 17.6 Å². The fourth-order valence-corrected chi connectivity index (χ4v) is 3.65. The number of para-hydroxylation sites is 1. The summed E-state index contributed by atoms with van der Waals surface area (Å²) in [6.45, 7) is 9.50. The van der Waals surface area contributed by atoms with Crippen molar-refractivity contribution in [3.05, 3.63) is 78.4 Å². The van der Waals surface area contributed by atoms with Crippen molar-refractivity contribution in [2.75, 3.05) is 19.3 Å². The SMILES string of the molecule is C=CC1CC(C(=O)OC)(C(=O)OC)C(C)N(c2ccccc2C)O1.Cc1ccccc1. The summed E-state index contributed by atoms with van der Waals surface area (Å²) in [5.74, 6) is -1.29. The van der Waals surface area contributed by atoms with Crippen LogP contribution in [0.2, 0.25) is 0 Å². The first-order valence-electron chi connectivity index (χ1n) is 10.1. The highest BCUT2D eigenvalue weighted by molar-refractivity contribution is 6.01. The Balaban J connectivity index is 0.000000412. The zero-order chi connectivity index (χ0) is 23.0. The lowest BCUT2D eigenvalue weighted by Gasteiger charge is -2.47. The lowest BCUT2D eigenvalue weighted by Crippen LogP contribution is -2.62. The van der Waals surface area contributed by atoms with Crippen molar-refractivity contribution in [1.82, 2.24) is 0 Å². The minimum atomic E-state index is -1.50. The Kier molecular flexibility index (Phi) is 8.39. The standard InChI is InChI=1S/C18H23NO5.C7H8/c1-6-14-11-18(16(20)22-4,17(21)23-5)13(3)19(24-14)15-10-8-7-9-12(15)2;1-7-5-3-2-4-6-7/h6-10,13-14H,1,11H2,2-5H3;2-6H,1H3. The molecule has 1 saturated heterocycles. The van der Waals surface area contributed by atoms with Crippen LogP contribution in [0.15, 0.2) is 67.3 Å². The number of anilines is 1. The van der Waals surface area contributed by atoms with Gasteiger partial charge in [0.05, 0.1) is 25.9 Å². The topological polar surface area (TPSA) is 65.1 Å². The fourth-order valence-electron chi connectivity index (χ4n) is 3.65. The molecule has 2 unspecified atom stereocenters. The number of carbonyl (C=O) groups is 2. The Hall–Kier alpha value is -3.12. The monoisotopic (exact) mass is 425 g/mol. The van der Waals surface area contributed by atoms with Crippen molar-refractivity contribution < 1.29 is 23.9 Å². The van der Waals surface area contributed by atoms with E-state index in [1.165, 1.54) is 19.8 Å². The number of nitrogens with zero attached hydrogens (tertiary/aromatic N) is 1. The van der Waals surface area contributed by atoms with Crippen LogP contribution < -0.4 is 5.06 Å². The van der Waals surface area contributed by atoms with Crippen LogP contribution in [0, 0.1) is 19.3 Å². The Morgan fingerprint density at radius 2 is 1.58 bits per heavy atom. The Morgan fingerprint density at radius 3 is 2.03 bits per heavy atom. The lowest BCUT2D eigenvalue weighted by atomic mass is 9.74. The van der Waals surface area contributed by atoms with E-state index in [0.717, 1.165) is 11.3 Å². The summed E-state index contributed by atoms with van der Waals surface area (Å²) in [5.41, 5.74) is 1.55. The number of hydroxylamine groups is 1. The first-order valence-corrected chi connectivity index (χ1v) is 10.1. The second-order valence-electron chi connectivity index (χ2n) is 7.48. The van der Waals surface area contributed by atoms with Crippen LogP contribution >= 0.6 is 0 Å². The van der Waals surface area contributed by atoms with Crippen LogP contribution in [0.5, 0.6) is 0 Å². The number of hydrogen-bond acceptors (Lipinski definition) is 6. The molecule has 0 N–H and O–H groups in total. The molecule has 3 rings (SSSR count). The summed E-state index contributed by atoms with van der Waals surface area (Å²) < 4.78 is 9.87. The molecule has 2 aromatic carbocycles. The number of hydrogen-bond donors (Lipinski definition) is 0. The number of aryl methyl sites for hydroxylation is 2. The van der Waals surface area contributed by atoms with E-state index in [1.54, 1.807) is 18.1 Å². The van der Waals surface area contributed by atoms with Gasteiger partial charge in [-0.05, 0) is 32.4 Å². The van der Waals surface area contributed by atoms with E-state index < -0.39 is 29.5 Å². The van der Waals surface area contributed by atoms with Crippen LogP contribution in [-0.4, -0.2) is 38.3 Å². The molecule has 0 aliphatic carbocycles. The third-order valence-corrected chi connectivity index (χ3v) is 5.49. The second-order valence-corrected chi connectivity index (χ2v) is 7.48. The van der Waals surface area contributed by atoms with Gasteiger partial charge in [-0.1, -0.05) is 60.2 Å². The fraction of sp³-hybridized carbons (Fsp3) is 0.360. The number of ether oxygens (including phenoxy) is 2. The zero-order valence-corrected chi connectivity index (χ0v) is 18.8. The Morgan fingerprint density at radius 1 is 1.03 bits per heavy atom. The molecule has 31 heavy (non-hydrogen) atoms. The summed E-state index contributed by atoms with van der Waals surface area (Å²) >= 11 is 0. The molecule has 1 heterocycles. The molecule has 2 atom stereocenters. The predicted octanol–water partition coefficient (Wildman–Crippen LogP) is 4.41. The molecular formula is C25H31NO5. The highest BCUT2D eigenvalue weighted by Crippen LogP contribution is 2.42. The summed E-state index contributed by atoms with van der Waals surface area (Å²) in [7, 11) is 2.52. The predicted molar refractivity (Wildman–Crippen MR) is 120 cm³/mol. The van der Waals surface area contributed by atoms with Crippen LogP contribution in [0.3, 0.4) is 0 Å². The molecule has 6 nitrogen and oxygen atoms in total. The average Bonchev–Trinajstić information content (AvgIpc) is 2.79. The molecule has 0 bridgehead atoms. The number of rotatable bonds is 4. The average molecular weight is 426 g/mol. The van der Waals surface area contributed by atoms with Gasteiger partial charge in [0.25, 0.3) is 0 Å². The van der Waals surface area contributed by atoms with E-state index >= 15 is 0 Å². The van der Waals surface area contributed by atoms with Gasteiger partial charge < -0.3 is 9.47 Å². The van der Waals surface area contributed by atoms with Crippen LogP contribution in [0.1, 0.15) is 24.5 Å². The maximum Gasteiger partial charge on any atom is 0.325 e. The van der Waals surface area contributed by atoms with E-state index in [4.69, 9.17) is 14.3 Å². The third kappa shape index (κ3) is 5.14. The molecule has 1 aliphatic rings. The van der Waals surface area contributed by atoms with Gasteiger partial charge >= 0.3 is 11.9 Å². The third-order valence-electron chi connectivity index (χ3n) is 5.49. The highest BCUT2D eigenvalue weighted by Gasteiger charge is 2.59. The zero-order valence-electron chi connectivity index (χ0n) is 18.8. The van der Waals surface area contributed by atoms with Crippen molar-refractivity contribution in [3.8, 4) is 0 Å². The molecule has 166 valence electrons. The van der Waals surface area contributed by atoms with Crippen molar-refractivity contribution in [2.24, 2.45) is 5.41 Å². The summed E-state index contributed by atoms with van der Waals surface area (Å²) in [4.78, 5) is 31.1. The van der Waals surface area contributed by atoms with E-state index in [0.29, 0.717) is 0 Å². The van der Waals surface area contributed by atoms with Gasteiger partial charge in [0.1, 0.15) is 6.10 Å². The molecule has 6 heteroatoms. The van der Waals surface area contributed by atoms with E-state index in [-0.39, 0.29) is 6.42 Å². The number of carbonyl (C=O) groups excluding carboxylic acids is 2. The van der Waals surface area contributed by atoms with Crippen LogP contribution in [0.25, 0.3) is 0 Å². The first-order chi connectivity index (χ1) is 14.8. The maximum atomic E-state index is 12.6. The largest absolute Gasteiger partial charge is 0.468 e. The maximum absolute atomic E-state index is 12.6. The van der Waals surface area contributed by atoms with Gasteiger partial charge in [-0.2, -0.15) is 0 Å². The molecule has 0 saturated carbocycles. The molecule has 2 aromatic rings. The van der Waals surface area contributed by atoms with Crippen LogP contribution in [-0.2, 0) is 23.9 Å². The number of benzene rings is 2. The van der Waals surface area contributed by atoms with Crippen LogP contribution in [0.4, 0.5) is 5.69 Å². The van der Waals surface area contributed by atoms with Gasteiger partial charge in [0, 0.05) is 6.42 Å². The van der Waals surface area contributed by atoms with Crippen molar-refractivity contribution in [3.63, 3.8) is 0 Å². The van der Waals surface area contributed by atoms with Crippen molar-refractivity contribution in [2.45, 2.75) is 39.3 Å². The second kappa shape index (κ2) is 10.8. The number of esters is 2. The van der Waals surface area contributed by atoms with Gasteiger partial charge in [0.15, 0.2) is 5.41 Å².